The molecule has 4 aromatic carbocycles. The van der Waals surface area contributed by atoms with E-state index < -0.39 is 10.2 Å². The Morgan fingerprint density at radius 3 is 1.84 bits per heavy atom. The van der Waals surface area contributed by atoms with Crippen molar-refractivity contribution in [2.24, 2.45) is 0 Å². The molecule has 0 aromatic heterocycles. The Labute approximate surface area is 262 Å². The number of hydrogen-bond acceptors (Lipinski definition) is 5. The van der Waals surface area contributed by atoms with Gasteiger partial charge < -0.3 is 4.90 Å². The molecule has 4 aromatic rings. The van der Waals surface area contributed by atoms with E-state index in [1.165, 1.54) is 50.2 Å². The van der Waals surface area contributed by atoms with Crippen LogP contribution in [0.5, 0.6) is 0 Å². The van der Waals surface area contributed by atoms with E-state index in [4.69, 9.17) is 18.6 Å². The zero-order chi connectivity index (χ0) is 31.7. The third-order valence-electron chi connectivity index (χ3n) is 7.52. The molecule has 0 aliphatic heterocycles. The summed E-state index contributed by atoms with van der Waals surface area (Å²) < 4.78 is 34.0. The minimum atomic E-state index is -4.94. The highest BCUT2D eigenvalue weighted by Crippen LogP contribution is 2.37. The lowest BCUT2D eigenvalue weighted by molar-refractivity contribution is -2.00. The fourth-order valence-electron chi connectivity index (χ4n) is 5.27. The maximum Gasteiger partial charge on any atom is 0.206 e. The van der Waals surface area contributed by atoms with Gasteiger partial charge >= 0.3 is 0 Å². The number of nitrogens with one attached hydrogen (secondary N) is 1. The van der Waals surface area contributed by atoms with Crippen LogP contribution in [-0.4, -0.2) is 18.8 Å². The number of allylic oxidation sites excluding steroid dienone is 3. The highest BCUT2D eigenvalue weighted by molar-refractivity contribution is 6.17. The van der Waals surface area contributed by atoms with Crippen LogP contribution in [0.2, 0.25) is 0 Å². The number of fused-ring (bicyclic) bond motifs is 1. The van der Waals surface area contributed by atoms with Gasteiger partial charge in [0.1, 0.15) is 0 Å². The second-order valence-corrected chi connectivity index (χ2v) is 11.1. The van der Waals surface area contributed by atoms with Crippen molar-refractivity contribution in [1.82, 2.24) is 0 Å². The van der Waals surface area contributed by atoms with Gasteiger partial charge in [-0.2, -0.15) is 0 Å². The van der Waals surface area contributed by atoms with Gasteiger partial charge in [0.05, 0.1) is 5.56 Å². The molecule has 0 amide bonds. The average Bonchev–Trinajstić information content (AvgIpc) is 3.02. The predicted molar refractivity (Wildman–Crippen MR) is 168 cm³/mol. The Kier molecular flexibility index (Phi) is 11.1. The summed E-state index contributed by atoms with van der Waals surface area (Å²) in [4.78, 5) is 6.07. The topological polar surface area (TPSA) is 109 Å². The van der Waals surface area contributed by atoms with Crippen molar-refractivity contribution in [2.45, 2.75) is 27.3 Å². The summed E-state index contributed by atoms with van der Waals surface area (Å²) in [5.41, 5.74) is 13.5. The van der Waals surface area contributed by atoms with Crippen LogP contribution in [0.3, 0.4) is 0 Å². The monoisotopic (exact) mass is 608 g/mol. The van der Waals surface area contributed by atoms with Gasteiger partial charge in [0, 0.05) is 30.4 Å². The molecule has 0 saturated heterocycles. The Morgan fingerprint density at radius 1 is 0.750 bits per heavy atom. The summed E-state index contributed by atoms with van der Waals surface area (Å²) in [6, 6.07) is 35.2. The first kappa shape index (κ1) is 32.6. The predicted octanol–water partition coefficient (Wildman–Crippen LogP) is 2.33. The molecule has 44 heavy (non-hydrogen) atoms. The summed E-state index contributed by atoms with van der Waals surface area (Å²) in [7, 11) is -4.94. The Morgan fingerprint density at radius 2 is 1.30 bits per heavy atom. The zero-order valence-electron chi connectivity index (χ0n) is 25.3. The minimum Gasteiger partial charge on any atom is -0.372 e. The molecule has 0 atom stereocenters. The molecular formula is C37H37ClN2O4. The Balaban J connectivity index is 0.000000818. The SMILES string of the molecule is C=Cc1ccc(C[NH+]=C2C=CC(=C(c3ccc(C)cc3)c3ccc(N(CC)CC)cc3)c3ccccc32)cc1.[O-][Cl+3]([O-])([O-])[O-]. The third kappa shape index (κ3) is 8.63. The number of aryl methyl sites for hydroxylation is 1. The molecule has 0 fully saturated rings. The first-order valence-corrected chi connectivity index (χ1v) is 15.7. The van der Waals surface area contributed by atoms with Gasteiger partial charge in [-0.3, -0.25) is 0 Å². The molecule has 0 bridgehead atoms. The highest BCUT2D eigenvalue weighted by atomic mass is 35.7. The van der Waals surface area contributed by atoms with E-state index in [0.29, 0.717) is 0 Å². The van der Waals surface area contributed by atoms with Crippen molar-refractivity contribution >= 4 is 28.6 Å². The lowest BCUT2D eigenvalue weighted by Gasteiger charge is -2.22. The molecule has 5 rings (SSSR count). The van der Waals surface area contributed by atoms with Crippen LogP contribution in [0.1, 0.15) is 52.8 Å². The zero-order valence-corrected chi connectivity index (χ0v) is 26.0. The second kappa shape index (κ2) is 14.9. The number of halogens is 1. The second-order valence-electron chi connectivity index (χ2n) is 10.3. The van der Waals surface area contributed by atoms with Crippen molar-refractivity contribution in [3.63, 3.8) is 0 Å². The van der Waals surface area contributed by atoms with Crippen LogP contribution in [0.15, 0.2) is 116 Å². The van der Waals surface area contributed by atoms with Crippen LogP contribution in [0, 0.1) is 17.2 Å². The van der Waals surface area contributed by atoms with Crippen LogP contribution in [0.25, 0.3) is 17.2 Å². The van der Waals surface area contributed by atoms with Gasteiger partial charge in [-0.15, -0.1) is 10.2 Å². The maximum absolute atomic E-state index is 8.49. The van der Waals surface area contributed by atoms with Gasteiger partial charge in [0.2, 0.25) is 5.71 Å². The van der Waals surface area contributed by atoms with E-state index in [1.54, 1.807) is 0 Å². The number of rotatable bonds is 8. The highest BCUT2D eigenvalue weighted by Gasteiger charge is 2.22. The van der Waals surface area contributed by atoms with E-state index in [0.717, 1.165) is 30.9 Å². The lowest BCUT2D eigenvalue weighted by atomic mass is 9.83. The molecule has 1 aliphatic rings. The van der Waals surface area contributed by atoms with Crippen LogP contribution >= 0.6 is 0 Å². The van der Waals surface area contributed by atoms with E-state index in [1.807, 2.05) is 6.08 Å². The molecule has 7 heteroatoms. The number of hydrogen-bond donors (Lipinski definition) is 1. The first-order chi connectivity index (χ1) is 21.1. The van der Waals surface area contributed by atoms with Crippen LogP contribution < -0.4 is 28.5 Å². The van der Waals surface area contributed by atoms with Crippen molar-refractivity contribution in [3.8, 4) is 0 Å². The molecule has 0 heterocycles. The number of benzene rings is 4. The molecule has 226 valence electrons. The standard InChI is InChI=1S/C37H36N2.ClHO4/c1-5-28-14-16-29(17-15-28)26-38-36-25-24-35(33-10-8-9-11-34(33)36)37(30-18-12-27(4)13-19-30)31-20-22-32(23-21-31)39(6-2)7-3;2-1(3,4)5/h5,8-25H,1,6-7,26H2,2-4H3;(H,2,3,4,5). The summed E-state index contributed by atoms with van der Waals surface area (Å²) in [5.74, 6) is 0. The average molecular weight is 609 g/mol. The Hall–Kier alpha value is -4.30. The largest absolute Gasteiger partial charge is 0.372 e. The van der Waals surface area contributed by atoms with Gasteiger partial charge in [0.15, 0.2) is 6.54 Å². The molecule has 0 radical (unpaired) electrons. The molecule has 0 saturated carbocycles. The van der Waals surface area contributed by atoms with Gasteiger partial charge in [-0.05, 0) is 78.4 Å². The number of nitrogens with zero attached hydrogens (tertiary/aromatic N) is 1. The van der Waals surface area contributed by atoms with Gasteiger partial charge in [-0.1, -0.05) is 97.1 Å². The lowest BCUT2D eigenvalue weighted by Crippen LogP contribution is -2.71. The van der Waals surface area contributed by atoms with Crippen LogP contribution in [-0.2, 0) is 6.54 Å². The Bertz CT molecular complexity index is 1640. The fraction of sp³-hybridized carbons (Fsp3) is 0.162. The maximum atomic E-state index is 8.49. The number of anilines is 1. The molecule has 6 nitrogen and oxygen atoms in total. The van der Waals surface area contributed by atoms with E-state index >= 15 is 0 Å². The first-order valence-electron chi connectivity index (χ1n) is 14.5. The van der Waals surface area contributed by atoms with Crippen molar-refractivity contribution in [2.75, 3.05) is 18.0 Å². The summed E-state index contributed by atoms with van der Waals surface area (Å²) in [6.07, 6.45) is 6.38. The van der Waals surface area contributed by atoms with E-state index in [2.05, 4.69) is 146 Å². The van der Waals surface area contributed by atoms with E-state index in [-0.39, 0.29) is 0 Å². The summed E-state index contributed by atoms with van der Waals surface area (Å²) in [6.45, 7) is 13.2. The van der Waals surface area contributed by atoms with Crippen LogP contribution in [0.4, 0.5) is 5.69 Å². The van der Waals surface area contributed by atoms with Crippen molar-refractivity contribution in [1.29, 1.82) is 0 Å². The molecule has 1 aliphatic carbocycles. The normalized spacial score (nSPS) is 14.4. The smallest absolute Gasteiger partial charge is 0.206 e. The molecule has 0 spiro atoms. The molecule has 1 N–H and O–H groups in total. The fourth-order valence-corrected chi connectivity index (χ4v) is 5.27. The van der Waals surface area contributed by atoms with Crippen molar-refractivity contribution < 1.29 is 33.9 Å². The van der Waals surface area contributed by atoms with E-state index in [9.17, 15) is 0 Å². The van der Waals surface area contributed by atoms with Crippen molar-refractivity contribution in [3.05, 3.63) is 155 Å². The molecular weight excluding hydrogens is 572 g/mol. The van der Waals surface area contributed by atoms with Gasteiger partial charge in [-0.25, -0.2) is 23.6 Å². The minimum absolute atomic E-state index is 0.766. The molecule has 0 unspecified atom stereocenters. The third-order valence-corrected chi connectivity index (χ3v) is 7.52. The summed E-state index contributed by atoms with van der Waals surface area (Å²) >= 11 is 0. The van der Waals surface area contributed by atoms with Gasteiger partial charge in [0.25, 0.3) is 0 Å². The quantitative estimate of drug-likeness (QED) is 0.330. The summed E-state index contributed by atoms with van der Waals surface area (Å²) in [5, 5.41) is 0.